The number of nitrogens with zero attached hydrogens (tertiary/aromatic N) is 5. The molecule has 2 aromatic rings. The van der Waals surface area contributed by atoms with E-state index in [9.17, 15) is 14.9 Å². The molecular weight excluding hydrogens is 410 g/mol. The van der Waals surface area contributed by atoms with E-state index in [0.29, 0.717) is 18.1 Å². The number of aryl methyl sites for hydroxylation is 1. The molecule has 1 fully saturated rings. The smallest absolute Gasteiger partial charge is 0.269 e. The third kappa shape index (κ3) is 6.56. The molecule has 1 aliphatic carbocycles. The van der Waals surface area contributed by atoms with Gasteiger partial charge in [-0.3, -0.25) is 20.2 Å². The van der Waals surface area contributed by atoms with E-state index in [0.717, 1.165) is 38.5 Å². The van der Waals surface area contributed by atoms with Crippen LogP contribution >= 0.6 is 0 Å². The third-order valence-electron chi connectivity index (χ3n) is 6.00. The summed E-state index contributed by atoms with van der Waals surface area (Å²) >= 11 is 0. The Balaban J connectivity index is 1.70. The van der Waals surface area contributed by atoms with Gasteiger partial charge in [-0.15, -0.1) is 10.2 Å². The SMILES string of the molecule is CCCCCCCn1nnc(C(NC2(C)CCCC2)C(=O)Nc2ccc([N+](=O)[O-])cc2)n1. The van der Waals surface area contributed by atoms with Gasteiger partial charge in [0.2, 0.25) is 11.7 Å². The number of carbonyl (C=O) groups is 1. The lowest BCUT2D eigenvalue weighted by Crippen LogP contribution is -2.46. The standard InChI is InChI=1S/C22H33N7O3/c1-3-4-5-6-9-16-28-26-20(25-27-28)19(24-22(2)14-7-8-15-22)21(30)23-17-10-12-18(13-11-17)29(31)32/h10-13,19,24H,3-9,14-16H2,1-2H3,(H,23,30). The first-order valence-electron chi connectivity index (χ1n) is 11.5. The monoisotopic (exact) mass is 443 g/mol. The lowest BCUT2D eigenvalue weighted by molar-refractivity contribution is -0.384. The Morgan fingerprint density at radius 1 is 1.19 bits per heavy atom. The second-order valence-electron chi connectivity index (χ2n) is 8.80. The highest BCUT2D eigenvalue weighted by molar-refractivity contribution is 5.95. The van der Waals surface area contributed by atoms with Crippen LogP contribution in [0.5, 0.6) is 0 Å². The molecule has 0 radical (unpaired) electrons. The molecule has 32 heavy (non-hydrogen) atoms. The van der Waals surface area contributed by atoms with Gasteiger partial charge in [-0.25, -0.2) is 0 Å². The minimum Gasteiger partial charge on any atom is -0.324 e. The third-order valence-corrected chi connectivity index (χ3v) is 6.00. The largest absolute Gasteiger partial charge is 0.324 e. The number of benzene rings is 1. The molecule has 0 aliphatic heterocycles. The molecule has 1 unspecified atom stereocenters. The summed E-state index contributed by atoms with van der Waals surface area (Å²) in [7, 11) is 0. The maximum Gasteiger partial charge on any atom is 0.269 e. The van der Waals surface area contributed by atoms with Gasteiger partial charge in [-0.05, 0) is 43.5 Å². The first-order chi connectivity index (χ1) is 15.4. The summed E-state index contributed by atoms with van der Waals surface area (Å²) in [6.45, 7) is 4.97. The summed E-state index contributed by atoms with van der Waals surface area (Å²) in [6, 6.07) is 5.00. The van der Waals surface area contributed by atoms with E-state index in [4.69, 9.17) is 0 Å². The molecule has 10 nitrogen and oxygen atoms in total. The Morgan fingerprint density at radius 2 is 1.88 bits per heavy atom. The molecule has 1 heterocycles. The second-order valence-corrected chi connectivity index (χ2v) is 8.80. The Kier molecular flexibility index (Phi) is 8.26. The summed E-state index contributed by atoms with van der Waals surface area (Å²) in [5.74, 6) is 0.0283. The second kappa shape index (κ2) is 11.1. The van der Waals surface area contributed by atoms with Gasteiger partial charge >= 0.3 is 0 Å². The molecule has 1 aromatic heterocycles. The fourth-order valence-corrected chi connectivity index (χ4v) is 4.10. The summed E-state index contributed by atoms with van der Waals surface area (Å²) in [6.07, 6.45) is 9.87. The maximum atomic E-state index is 13.2. The molecule has 174 valence electrons. The van der Waals surface area contributed by atoms with E-state index in [1.54, 1.807) is 4.80 Å². The Hall–Kier alpha value is -2.88. The number of amides is 1. The number of unbranched alkanes of at least 4 members (excludes halogenated alkanes) is 4. The van der Waals surface area contributed by atoms with E-state index >= 15 is 0 Å². The van der Waals surface area contributed by atoms with Crippen LogP contribution in [0.15, 0.2) is 24.3 Å². The zero-order valence-electron chi connectivity index (χ0n) is 18.9. The van der Waals surface area contributed by atoms with Crippen LogP contribution in [0.3, 0.4) is 0 Å². The van der Waals surface area contributed by atoms with Gasteiger partial charge in [-0.1, -0.05) is 45.4 Å². The van der Waals surface area contributed by atoms with Crippen molar-refractivity contribution in [1.29, 1.82) is 0 Å². The normalized spacial score (nSPS) is 16.1. The molecule has 0 saturated heterocycles. The van der Waals surface area contributed by atoms with Crippen molar-refractivity contribution < 1.29 is 9.72 Å². The number of carbonyl (C=O) groups excluding carboxylic acids is 1. The van der Waals surface area contributed by atoms with Gasteiger partial charge in [0.05, 0.1) is 11.5 Å². The summed E-state index contributed by atoms with van der Waals surface area (Å²) < 4.78 is 0. The van der Waals surface area contributed by atoms with Gasteiger partial charge in [0.25, 0.3) is 5.69 Å². The zero-order valence-corrected chi connectivity index (χ0v) is 18.9. The average Bonchev–Trinajstić information content (AvgIpc) is 3.42. The first kappa shape index (κ1) is 23.8. The molecule has 0 bridgehead atoms. The van der Waals surface area contributed by atoms with Crippen molar-refractivity contribution >= 4 is 17.3 Å². The Morgan fingerprint density at radius 3 is 2.53 bits per heavy atom. The highest BCUT2D eigenvalue weighted by atomic mass is 16.6. The van der Waals surface area contributed by atoms with Crippen LogP contribution in [0.25, 0.3) is 0 Å². The number of tetrazole rings is 1. The summed E-state index contributed by atoms with van der Waals surface area (Å²) in [5.41, 5.74) is 0.273. The van der Waals surface area contributed by atoms with Crippen molar-refractivity contribution in [2.75, 3.05) is 5.32 Å². The number of hydrogen-bond donors (Lipinski definition) is 2. The van der Waals surface area contributed by atoms with Crippen LogP contribution in [-0.4, -0.2) is 36.6 Å². The van der Waals surface area contributed by atoms with Crippen molar-refractivity contribution in [3.63, 3.8) is 0 Å². The van der Waals surface area contributed by atoms with E-state index in [1.807, 2.05) is 0 Å². The molecule has 2 N–H and O–H groups in total. The number of nitrogens with one attached hydrogen (secondary N) is 2. The van der Waals surface area contributed by atoms with Crippen molar-refractivity contribution in [2.45, 2.75) is 89.8 Å². The Labute approximate surface area is 188 Å². The fourth-order valence-electron chi connectivity index (χ4n) is 4.10. The number of nitro benzene ring substituents is 1. The highest BCUT2D eigenvalue weighted by Crippen LogP contribution is 2.31. The summed E-state index contributed by atoms with van der Waals surface area (Å²) in [4.78, 5) is 25.1. The van der Waals surface area contributed by atoms with Gasteiger partial charge in [0, 0.05) is 23.4 Å². The molecule has 1 atom stereocenters. The van der Waals surface area contributed by atoms with Gasteiger partial charge in [-0.2, -0.15) is 4.80 Å². The number of aromatic nitrogens is 4. The minimum absolute atomic E-state index is 0.0281. The molecule has 1 aromatic carbocycles. The van der Waals surface area contributed by atoms with E-state index in [1.165, 1.54) is 43.5 Å². The molecule has 1 amide bonds. The zero-order chi connectivity index (χ0) is 23.0. The lowest BCUT2D eigenvalue weighted by Gasteiger charge is -2.29. The van der Waals surface area contributed by atoms with Crippen LogP contribution in [-0.2, 0) is 11.3 Å². The molecule has 3 rings (SSSR count). The number of anilines is 1. The minimum atomic E-state index is -0.762. The summed E-state index contributed by atoms with van der Waals surface area (Å²) in [5, 5.41) is 30.0. The van der Waals surface area contributed by atoms with Gasteiger partial charge in [0.1, 0.15) is 0 Å². The van der Waals surface area contributed by atoms with Crippen molar-refractivity contribution in [3.05, 3.63) is 40.2 Å². The van der Waals surface area contributed by atoms with Crippen LogP contribution in [0, 0.1) is 10.1 Å². The highest BCUT2D eigenvalue weighted by Gasteiger charge is 2.36. The van der Waals surface area contributed by atoms with Crippen molar-refractivity contribution in [3.8, 4) is 0 Å². The van der Waals surface area contributed by atoms with Gasteiger partial charge < -0.3 is 5.32 Å². The molecule has 10 heteroatoms. The van der Waals surface area contributed by atoms with Crippen molar-refractivity contribution in [1.82, 2.24) is 25.5 Å². The predicted molar refractivity (Wildman–Crippen MR) is 121 cm³/mol. The number of non-ortho nitro benzene ring substituents is 1. The van der Waals surface area contributed by atoms with Gasteiger partial charge in [0.15, 0.2) is 6.04 Å². The predicted octanol–water partition coefficient (Wildman–Crippen LogP) is 4.15. The Bertz CT molecular complexity index is 891. The van der Waals surface area contributed by atoms with Crippen LogP contribution < -0.4 is 10.6 Å². The quantitative estimate of drug-likeness (QED) is 0.286. The molecule has 0 spiro atoms. The maximum absolute atomic E-state index is 13.2. The van der Waals surface area contributed by atoms with E-state index in [-0.39, 0.29) is 17.1 Å². The number of rotatable bonds is 12. The lowest BCUT2D eigenvalue weighted by atomic mass is 9.98. The fraction of sp³-hybridized carbons (Fsp3) is 0.636. The number of hydrogen-bond acceptors (Lipinski definition) is 7. The molecule has 1 saturated carbocycles. The van der Waals surface area contributed by atoms with Crippen molar-refractivity contribution in [2.24, 2.45) is 0 Å². The number of nitro groups is 1. The molecular formula is C22H33N7O3. The van der Waals surface area contributed by atoms with Crippen LogP contribution in [0.1, 0.15) is 83.5 Å². The molecule has 1 aliphatic rings. The van der Waals surface area contributed by atoms with E-state index < -0.39 is 11.0 Å². The van der Waals surface area contributed by atoms with Crippen LogP contribution in [0.2, 0.25) is 0 Å². The topological polar surface area (TPSA) is 128 Å². The van der Waals surface area contributed by atoms with E-state index in [2.05, 4.69) is 39.9 Å². The first-order valence-corrected chi connectivity index (χ1v) is 11.5. The van der Waals surface area contributed by atoms with Crippen LogP contribution in [0.4, 0.5) is 11.4 Å². The average molecular weight is 444 g/mol.